The molecule has 0 saturated carbocycles. The number of aliphatic carboxylic acids is 1. The molecule has 1 amide bonds. The highest BCUT2D eigenvalue weighted by Crippen LogP contribution is 2.15. The van der Waals surface area contributed by atoms with Gasteiger partial charge in [-0.05, 0) is 38.5 Å². The number of amides is 1. The molecule has 0 aliphatic rings. The van der Waals surface area contributed by atoms with Gasteiger partial charge in [0.05, 0.1) is 12.0 Å². The summed E-state index contributed by atoms with van der Waals surface area (Å²) in [5.41, 5.74) is 0.466. The lowest BCUT2D eigenvalue weighted by molar-refractivity contribution is -0.141. The molecule has 5 nitrogen and oxygen atoms in total. The van der Waals surface area contributed by atoms with Crippen LogP contribution in [0.1, 0.15) is 44.0 Å². The van der Waals surface area contributed by atoms with Crippen LogP contribution in [-0.2, 0) is 4.79 Å². The molecule has 1 atom stereocenters. The minimum Gasteiger partial charge on any atom is -0.491 e. The molecule has 0 aromatic heterocycles. The van der Waals surface area contributed by atoms with E-state index in [-0.39, 0.29) is 18.6 Å². The Bertz CT molecular complexity index is 485. The summed E-state index contributed by atoms with van der Waals surface area (Å²) < 4.78 is 5.53. The normalized spacial score (nSPS) is 12.0. The third-order valence-corrected chi connectivity index (χ3v) is 2.96. The standard InChI is InChI=1S/C16H23NO4/c1-4-6-13(16(19)20)10-17-15(18)12-7-5-8-14(9-12)21-11(2)3/h5,7-9,11,13H,4,6,10H2,1-3H3,(H,17,18)(H,19,20). The van der Waals surface area contributed by atoms with Crippen LogP contribution in [0.3, 0.4) is 0 Å². The van der Waals surface area contributed by atoms with Crippen molar-refractivity contribution in [1.29, 1.82) is 0 Å². The molecular formula is C16H23NO4. The van der Waals surface area contributed by atoms with Gasteiger partial charge in [-0.3, -0.25) is 9.59 Å². The Morgan fingerprint density at radius 1 is 1.33 bits per heavy atom. The van der Waals surface area contributed by atoms with E-state index in [1.54, 1.807) is 24.3 Å². The maximum absolute atomic E-state index is 12.1. The summed E-state index contributed by atoms with van der Waals surface area (Å²) in [6, 6.07) is 6.87. The van der Waals surface area contributed by atoms with E-state index in [1.165, 1.54) is 0 Å². The van der Waals surface area contributed by atoms with Gasteiger partial charge in [-0.1, -0.05) is 19.4 Å². The van der Waals surface area contributed by atoms with Crippen LogP contribution in [0.4, 0.5) is 0 Å². The minimum atomic E-state index is -0.881. The zero-order chi connectivity index (χ0) is 15.8. The van der Waals surface area contributed by atoms with E-state index in [1.807, 2.05) is 20.8 Å². The van der Waals surface area contributed by atoms with Crippen molar-refractivity contribution >= 4 is 11.9 Å². The summed E-state index contributed by atoms with van der Waals surface area (Å²) in [5, 5.41) is 11.7. The van der Waals surface area contributed by atoms with Gasteiger partial charge in [-0.25, -0.2) is 0 Å². The summed E-state index contributed by atoms with van der Waals surface area (Å²) in [5.74, 6) is -1.09. The molecular weight excluding hydrogens is 270 g/mol. The van der Waals surface area contributed by atoms with Gasteiger partial charge in [-0.15, -0.1) is 0 Å². The van der Waals surface area contributed by atoms with Crippen LogP contribution in [0, 0.1) is 5.92 Å². The monoisotopic (exact) mass is 293 g/mol. The number of rotatable bonds is 8. The predicted octanol–water partition coefficient (Wildman–Crippen LogP) is 2.70. The van der Waals surface area contributed by atoms with Crippen LogP contribution >= 0.6 is 0 Å². The van der Waals surface area contributed by atoms with Gasteiger partial charge < -0.3 is 15.2 Å². The third kappa shape index (κ3) is 5.85. The third-order valence-electron chi connectivity index (χ3n) is 2.96. The number of carbonyl (C=O) groups is 2. The first-order valence-corrected chi connectivity index (χ1v) is 7.21. The fourth-order valence-electron chi connectivity index (χ4n) is 1.96. The van der Waals surface area contributed by atoms with Crippen LogP contribution in [0.25, 0.3) is 0 Å². The van der Waals surface area contributed by atoms with Crippen molar-refractivity contribution in [2.24, 2.45) is 5.92 Å². The molecule has 2 N–H and O–H groups in total. The number of hydrogen-bond donors (Lipinski definition) is 2. The molecule has 1 unspecified atom stereocenters. The molecule has 0 fully saturated rings. The van der Waals surface area contributed by atoms with Crippen LogP contribution in [0.2, 0.25) is 0 Å². The first-order chi connectivity index (χ1) is 9.93. The van der Waals surface area contributed by atoms with Crippen molar-refractivity contribution < 1.29 is 19.4 Å². The molecule has 0 aliphatic carbocycles. The molecule has 0 radical (unpaired) electrons. The Kier molecular flexibility index (Phi) is 6.72. The van der Waals surface area contributed by atoms with E-state index >= 15 is 0 Å². The molecule has 1 aromatic carbocycles. The van der Waals surface area contributed by atoms with Crippen LogP contribution in [0.15, 0.2) is 24.3 Å². The Labute approximate surface area is 125 Å². The van der Waals surface area contributed by atoms with Gasteiger partial charge >= 0.3 is 5.97 Å². The Hall–Kier alpha value is -2.04. The lowest BCUT2D eigenvalue weighted by Crippen LogP contribution is -2.32. The highest BCUT2D eigenvalue weighted by molar-refractivity contribution is 5.94. The summed E-state index contributed by atoms with van der Waals surface area (Å²) in [6.45, 7) is 5.88. The SMILES string of the molecule is CCCC(CNC(=O)c1cccc(OC(C)C)c1)C(=O)O. The molecule has 0 spiro atoms. The Morgan fingerprint density at radius 2 is 2.05 bits per heavy atom. The van der Waals surface area contributed by atoms with E-state index in [0.29, 0.717) is 17.7 Å². The van der Waals surface area contributed by atoms with Crippen molar-refractivity contribution in [3.05, 3.63) is 29.8 Å². The van der Waals surface area contributed by atoms with Gasteiger partial charge in [0.25, 0.3) is 5.91 Å². The number of benzene rings is 1. The molecule has 1 aromatic rings. The molecule has 0 saturated heterocycles. The first-order valence-electron chi connectivity index (χ1n) is 7.21. The van der Waals surface area contributed by atoms with E-state index in [2.05, 4.69) is 5.32 Å². The van der Waals surface area contributed by atoms with E-state index in [9.17, 15) is 9.59 Å². The van der Waals surface area contributed by atoms with Crippen molar-refractivity contribution in [3.8, 4) is 5.75 Å². The summed E-state index contributed by atoms with van der Waals surface area (Å²) in [7, 11) is 0. The number of carboxylic acids is 1. The number of ether oxygens (including phenoxy) is 1. The molecule has 0 aliphatic heterocycles. The van der Waals surface area contributed by atoms with Gasteiger partial charge in [0.1, 0.15) is 5.75 Å². The highest BCUT2D eigenvalue weighted by atomic mass is 16.5. The van der Waals surface area contributed by atoms with Gasteiger partial charge in [-0.2, -0.15) is 0 Å². The summed E-state index contributed by atoms with van der Waals surface area (Å²) in [4.78, 5) is 23.1. The molecule has 1 rings (SSSR count). The quantitative estimate of drug-likeness (QED) is 0.772. The highest BCUT2D eigenvalue weighted by Gasteiger charge is 2.17. The van der Waals surface area contributed by atoms with Crippen LogP contribution in [0.5, 0.6) is 5.75 Å². The van der Waals surface area contributed by atoms with Crippen molar-refractivity contribution in [2.45, 2.75) is 39.7 Å². The van der Waals surface area contributed by atoms with E-state index < -0.39 is 11.9 Å². The van der Waals surface area contributed by atoms with Crippen LogP contribution in [-0.4, -0.2) is 29.6 Å². The average Bonchev–Trinajstić information content (AvgIpc) is 2.42. The average molecular weight is 293 g/mol. The topological polar surface area (TPSA) is 75.6 Å². The molecule has 0 bridgehead atoms. The lowest BCUT2D eigenvalue weighted by Gasteiger charge is -2.13. The van der Waals surface area contributed by atoms with Gasteiger partial charge in [0.15, 0.2) is 0 Å². The predicted molar refractivity (Wildman–Crippen MR) is 80.6 cm³/mol. The molecule has 5 heteroatoms. The van der Waals surface area contributed by atoms with Crippen LogP contribution < -0.4 is 10.1 Å². The van der Waals surface area contributed by atoms with Gasteiger partial charge in [0.2, 0.25) is 0 Å². The van der Waals surface area contributed by atoms with Gasteiger partial charge in [0, 0.05) is 12.1 Å². The minimum absolute atomic E-state index is 0.0317. The Morgan fingerprint density at radius 3 is 2.62 bits per heavy atom. The molecule has 21 heavy (non-hydrogen) atoms. The largest absolute Gasteiger partial charge is 0.491 e. The second-order valence-electron chi connectivity index (χ2n) is 5.23. The second kappa shape index (κ2) is 8.29. The lowest BCUT2D eigenvalue weighted by atomic mass is 10.0. The van der Waals surface area contributed by atoms with E-state index in [4.69, 9.17) is 9.84 Å². The summed E-state index contributed by atoms with van der Waals surface area (Å²) in [6.07, 6.45) is 1.35. The number of hydrogen-bond acceptors (Lipinski definition) is 3. The fourth-order valence-corrected chi connectivity index (χ4v) is 1.96. The van der Waals surface area contributed by atoms with Crippen molar-refractivity contribution in [2.75, 3.05) is 6.54 Å². The fraction of sp³-hybridized carbons (Fsp3) is 0.500. The summed E-state index contributed by atoms with van der Waals surface area (Å²) >= 11 is 0. The first kappa shape index (κ1) is 17.0. The number of nitrogens with one attached hydrogen (secondary N) is 1. The molecule has 0 heterocycles. The van der Waals surface area contributed by atoms with E-state index in [0.717, 1.165) is 6.42 Å². The number of carboxylic acid groups (broad SMARTS) is 1. The zero-order valence-corrected chi connectivity index (χ0v) is 12.8. The number of carbonyl (C=O) groups excluding carboxylic acids is 1. The molecule has 116 valence electrons. The van der Waals surface area contributed by atoms with Crippen molar-refractivity contribution in [1.82, 2.24) is 5.32 Å². The maximum atomic E-state index is 12.1. The Balaban J connectivity index is 2.64. The smallest absolute Gasteiger partial charge is 0.308 e. The second-order valence-corrected chi connectivity index (χ2v) is 5.23. The van der Waals surface area contributed by atoms with Crippen molar-refractivity contribution in [3.63, 3.8) is 0 Å². The maximum Gasteiger partial charge on any atom is 0.308 e. The zero-order valence-electron chi connectivity index (χ0n) is 12.8.